The minimum Gasteiger partial charge on any atom is -0.478 e. The van der Waals surface area contributed by atoms with Crippen molar-refractivity contribution in [3.05, 3.63) is 23.5 Å². The van der Waals surface area contributed by atoms with Gasteiger partial charge >= 0.3 is 12.1 Å². The molecule has 0 aromatic carbocycles. The number of nitrogens with two attached hydrogens (primary N) is 1. The molecule has 0 aliphatic rings. The van der Waals surface area contributed by atoms with Gasteiger partial charge in [0.05, 0.1) is 17.4 Å². The molecule has 0 saturated heterocycles. The Morgan fingerprint density at radius 1 is 1.50 bits per heavy atom. The maximum absolute atomic E-state index is 12.2. The lowest BCUT2D eigenvalue weighted by Crippen LogP contribution is -2.15. The lowest BCUT2D eigenvalue weighted by molar-refractivity contribution is -0.141. The lowest BCUT2D eigenvalue weighted by Gasteiger charge is -2.08. The van der Waals surface area contributed by atoms with Crippen molar-refractivity contribution in [1.82, 2.24) is 4.98 Å². The summed E-state index contributed by atoms with van der Waals surface area (Å²) in [6.07, 6.45) is -4.03. The van der Waals surface area contributed by atoms with Crippen molar-refractivity contribution in [3.63, 3.8) is 0 Å². The van der Waals surface area contributed by atoms with E-state index in [0.29, 0.717) is 0 Å². The van der Waals surface area contributed by atoms with Crippen LogP contribution in [0.25, 0.3) is 0 Å². The second kappa shape index (κ2) is 3.17. The van der Waals surface area contributed by atoms with Crippen LogP contribution in [0.2, 0.25) is 0 Å². The fraction of sp³-hybridized carbons (Fsp3) is 0.143. The molecule has 0 saturated carbocycles. The molecular weight excluding hydrogens is 201 g/mol. The van der Waals surface area contributed by atoms with Crippen LogP contribution in [0.1, 0.15) is 16.1 Å². The largest absolute Gasteiger partial charge is 0.478 e. The summed E-state index contributed by atoms with van der Waals surface area (Å²) in [4.78, 5) is 13.4. The van der Waals surface area contributed by atoms with Gasteiger partial charge in [-0.3, -0.25) is 0 Å². The van der Waals surface area contributed by atoms with E-state index in [4.69, 9.17) is 10.8 Å². The van der Waals surface area contributed by atoms with Crippen molar-refractivity contribution < 1.29 is 23.1 Å². The molecule has 0 atom stereocenters. The lowest BCUT2D eigenvalue weighted by atomic mass is 10.2. The van der Waals surface area contributed by atoms with Crippen LogP contribution < -0.4 is 5.73 Å². The highest BCUT2D eigenvalue weighted by Crippen LogP contribution is 2.30. The molecule has 0 bridgehead atoms. The molecule has 0 fully saturated rings. The number of aromatic nitrogens is 1. The number of hydrogen-bond donors (Lipinski definition) is 2. The van der Waals surface area contributed by atoms with Crippen molar-refractivity contribution in [1.29, 1.82) is 0 Å². The molecule has 4 nitrogen and oxygen atoms in total. The normalized spacial score (nSPS) is 11.4. The van der Waals surface area contributed by atoms with Gasteiger partial charge in [0.2, 0.25) is 0 Å². The number of alkyl halides is 3. The van der Waals surface area contributed by atoms with Crippen LogP contribution in [0.3, 0.4) is 0 Å². The molecule has 14 heavy (non-hydrogen) atoms. The summed E-state index contributed by atoms with van der Waals surface area (Å²) in [5.41, 5.74) is 2.59. The number of halogens is 3. The van der Waals surface area contributed by atoms with Crippen LogP contribution in [-0.4, -0.2) is 16.1 Å². The third-order valence-electron chi connectivity index (χ3n) is 1.41. The molecule has 7 heteroatoms. The number of carboxylic acids is 1. The first-order valence-electron chi connectivity index (χ1n) is 3.38. The van der Waals surface area contributed by atoms with Crippen molar-refractivity contribution in [2.24, 2.45) is 0 Å². The van der Waals surface area contributed by atoms with Gasteiger partial charge in [0.15, 0.2) is 5.69 Å². The van der Waals surface area contributed by atoms with Gasteiger partial charge in [0.1, 0.15) is 0 Å². The fourth-order valence-electron chi connectivity index (χ4n) is 0.870. The van der Waals surface area contributed by atoms with E-state index < -0.39 is 23.4 Å². The second-order valence-electron chi connectivity index (χ2n) is 2.47. The van der Waals surface area contributed by atoms with Crippen LogP contribution in [0.5, 0.6) is 0 Å². The van der Waals surface area contributed by atoms with Crippen molar-refractivity contribution in [3.8, 4) is 0 Å². The Balaban J connectivity index is 3.37. The third-order valence-corrected chi connectivity index (χ3v) is 1.41. The van der Waals surface area contributed by atoms with E-state index in [2.05, 4.69) is 4.98 Å². The SMILES string of the molecule is Nc1cnc(C(F)(F)F)c(C(=O)O)c1. The van der Waals surface area contributed by atoms with Gasteiger partial charge < -0.3 is 10.8 Å². The first kappa shape index (κ1) is 10.3. The van der Waals surface area contributed by atoms with E-state index in [-0.39, 0.29) is 5.69 Å². The Labute approximate surface area is 76.2 Å². The van der Waals surface area contributed by atoms with Crippen LogP contribution >= 0.6 is 0 Å². The van der Waals surface area contributed by atoms with Crippen LogP contribution in [-0.2, 0) is 6.18 Å². The summed E-state index contributed by atoms with van der Waals surface area (Å²) in [6, 6.07) is 0.720. The van der Waals surface area contributed by atoms with Gasteiger partial charge in [-0.2, -0.15) is 13.2 Å². The first-order chi connectivity index (χ1) is 6.32. The van der Waals surface area contributed by atoms with Crippen LogP contribution in [0, 0.1) is 0 Å². The zero-order valence-corrected chi connectivity index (χ0v) is 6.67. The summed E-state index contributed by atoms with van der Waals surface area (Å²) >= 11 is 0. The predicted octanol–water partition coefficient (Wildman–Crippen LogP) is 1.38. The highest BCUT2D eigenvalue weighted by Gasteiger charge is 2.37. The summed E-state index contributed by atoms with van der Waals surface area (Å²) in [5.74, 6) is -1.71. The summed E-state index contributed by atoms with van der Waals surface area (Å²) < 4.78 is 36.5. The number of nitrogen functional groups attached to an aromatic ring is 1. The van der Waals surface area contributed by atoms with Gasteiger partial charge in [-0.25, -0.2) is 9.78 Å². The molecule has 0 aliphatic heterocycles. The standard InChI is InChI=1S/C7H5F3N2O2/c8-7(9,10)5-4(6(13)14)1-3(11)2-12-5/h1-2H,11H2,(H,13,14). The van der Waals surface area contributed by atoms with Gasteiger partial charge in [-0.15, -0.1) is 0 Å². The molecular formula is C7H5F3N2O2. The van der Waals surface area contributed by atoms with Crippen molar-refractivity contribution in [2.75, 3.05) is 5.73 Å². The average Bonchev–Trinajstić information content (AvgIpc) is 2.01. The maximum atomic E-state index is 12.2. The molecule has 0 amide bonds. The van der Waals surface area contributed by atoms with Gasteiger partial charge in [0.25, 0.3) is 0 Å². The molecule has 1 heterocycles. The van der Waals surface area contributed by atoms with Gasteiger partial charge in [-0.05, 0) is 6.07 Å². The number of pyridine rings is 1. The Hall–Kier alpha value is -1.79. The quantitative estimate of drug-likeness (QED) is 0.727. The zero-order chi connectivity index (χ0) is 10.9. The van der Waals surface area contributed by atoms with Crippen LogP contribution in [0.4, 0.5) is 18.9 Å². The average molecular weight is 206 g/mol. The number of hydrogen-bond acceptors (Lipinski definition) is 3. The third kappa shape index (κ3) is 1.93. The van der Waals surface area contributed by atoms with Gasteiger partial charge in [0, 0.05) is 0 Å². The number of carbonyl (C=O) groups is 1. The van der Waals surface area contributed by atoms with E-state index in [0.717, 1.165) is 12.3 Å². The highest BCUT2D eigenvalue weighted by molar-refractivity contribution is 5.90. The van der Waals surface area contributed by atoms with Crippen molar-refractivity contribution in [2.45, 2.75) is 6.18 Å². The van der Waals surface area contributed by atoms with E-state index in [1.165, 1.54) is 0 Å². The maximum Gasteiger partial charge on any atom is 0.434 e. The smallest absolute Gasteiger partial charge is 0.434 e. The van der Waals surface area contributed by atoms with E-state index in [1.54, 1.807) is 0 Å². The molecule has 0 radical (unpaired) electrons. The molecule has 0 spiro atoms. The summed E-state index contributed by atoms with van der Waals surface area (Å²) in [5, 5.41) is 8.46. The first-order valence-corrected chi connectivity index (χ1v) is 3.38. The summed E-state index contributed by atoms with van der Waals surface area (Å²) in [6.45, 7) is 0. The minimum absolute atomic E-state index is 0.129. The highest BCUT2D eigenvalue weighted by atomic mass is 19.4. The number of anilines is 1. The molecule has 1 aromatic heterocycles. The van der Waals surface area contributed by atoms with Gasteiger partial charge in [-0.1, -0.05) is 0 Å². The Bertz CT molecular complexity index is 376. The van der Waals surface area contributed by atoms with E-state index >= 15 is 0 Å². The Kier molecular flexibility index (Phi) is 2.33. The second-order valence-corrected chi connectivity index (χ2v) is 2.47. The zero-order valence-electron chi connectivity index (χ0n) is 6.67. The predicted molar refractivity (Wildman–Crippen MR) is 40.6 cm³/mol. The molecule has 3 N–H and O–H groups in total. The number of aromatic carboxylic acids is 1. The van der Waals surface area contributed by atoms with Crippen LogP contribution in [0.15, 0.2) is 12.3 Å². The topological polar surface area (TPSA) is 76.2 Å². The Morgan fingerprint density at radius 2 is 2.07 bits per heavy atom. The van der Waals surface area contributed by atoms with E-state index in [9.17, 15) is 18.0 Å². The number of rotatable bonds is 1. The number of nitrogens with zero attached hydrogens (tertiary/aromatic N) is 1. The van der Waals surface area contributed by atoms with E-state index in [1.807, 2.05) is 0 Å². The summed E-state index contributed by atoms with van der Waals surface area (Å²) in [7, 11) is 0. The Morgan fingerprint density at radius 3 is 2.50 bits per heavy atom. The molecule has 1 rings (SSSR count). The molecule has 0 aliphatic carbocycles. The minimum atomic E-state index is -4.79. The number of carboxylic acid groups (broad SMARTS) is 1. The fourth-order valence-corrected chi connectivity index (χ4v) is 0.870. The molecule has 0 unspecified atom stereocenters. The molecule has 76 valence electrons. The van der Waals surface area contributed by atoms with Crippen molar-refractivity contribution >= 4 is 11.7 Å². The molecule has 1 aromatic rings. The monoisotopic (exact) mass is 206 g/mol.